The molecule has 1 atom stereocenters. The van der Waals surface area contributed by atoms with E-state index in [1.807, 2.05) is 18.2 Å². The predicted octanol–water partition coefficient (Wildman–Crippen LogP) is 4.10. The van der Waals surface area contributed by atoms with Gasteiger partial charge in [-0.25, -0.2) is 0 Å². The lowest BCUT2D eigenvalue weighted by atomic mass is 10.0. The molecule has 0 heterocycles. The van der Waals surface area contributed by atoms with Crippen LogP contribution in [-0.2, 0) is 6.54 Å². The second-order valence-electron chi connectivity index (χ2n) is 6.27. The van der Waals surface area contributed by atoms with Crippen LogP contribution in [0, 0.1) is 6.92 Å². The van der Waals surface area contributed by atoms with E-state index >= 15 is 0 Å². The van der Waals surface area contributed by atoms with Crippen molar-refractivity contribution in [2.24, 2.45) is 4.99 Å². The molecule has 0 fully saturated rings. The number of nitrogens with zero attached hydrogens (tertiary/aromatic N) is 1. The first-order valence-corrected chi connectivity index (χ1v) is 8.80. The van der Waals surface area contributed by atoms with Crippen LogP contribution in [0.25, 0.3) is 0 Å². The maximum Gasteiger partial charge on any atom is 0.191 e. The minimum absolute atomic E-state index is 0. The molecule has 0 bridgehead atoms. The Labute approximate surface area is 179 Å². The number of para-hydroxylation sites is 1. The first-order valence-electron chi connectivity index (χ1n) is 8.80. The number of ether oxygens (including phenoxy) is 2. The van der Waals surface area contributed by atoms with Gasteiger partial charge in [-0.05, 0) is 24.5 Å². The molecule has 1 unspecified atom stereocenters. The van der Waals surface area contributed by atoms with Gasteiger partial charge in [0.25, 0.3) is 0 Å². The van der Waals surface area contributed by atoms with E-state index in [0.29, 0.717) is 12.5 Å². The number of methoxy groups -OCH3 is 2. The van der Waals surface area contributed by atoms with Crippen LogP contribution < -0.4 is 20.1 Å². The Kier molecular flexibility index (Phi) is 9.99. The van der Waals surface area contributed by atoms with Crippen LogP contribution in [0.15, 0.2) is 47.5 Å². The SMILES string of the molecule is CN=C(NCc1cccc(OC)c1OC)NCC(C)c1ccc(C)cc1.I. The van der Waals surface area contributed by atoms with E-state index in [1.165, 1.54) is 11.1 Å². The Morgan fingerprint density at radius 2 is 1.74 bits per heavy atom. The maximum absolute atomic E-state index is 5.47. The van der Waals surface area contributed by atoms with Crippen LogP contribution in [0.4, 0.5) is 0 Å². The molecule has 0 aromatic heterocycles. The molecule has 2 N–H and O–H groups in total. The quantitative estimate of drug-likeness (QED) is 0.354. The lowest BCUT2D eigenvalue weighted by Gasteiger charge is -2.18. The van der Waals surface area contributed by atoms with Crippen LogP contribution in [-0.4, -0.2) is 33.8 Å². The largest absolute Gasteiger partial charge is 0.493 e. The fourth-order valence-corrected chi connectivity index (χ4v) is 2.76. The van der Waals surface area contributed by atoms with Crippen molar-refractivity contribution in [1.82, 2.24) is 10.6 Å². The van der Waals surface area contributed by atoms with Gasteiger partial charge in [0.15, 0.2) is 17.5 Å². The van der Waals surface area contributed by atoms with E-state index in [4.69, 9.17) is 9.47 Å². The minimum Gasteiger partial charge on any atom is -0.493 e. The summed E-state index contributed by atoms with van der Waals surface area (Å²) in [6, 6.07) is 14.5. The zero-order valence-electron chi connectivity index (χ0n) is 16.7. The highest BCUT2D eigenvalue weighted by Gasteiger charge is 2.11. The second-order valence-corrected chi connectivity index (χ2v) is 6.27. The summed E-state index contributed by atoms with van der Waals surface area (Å²) in [7, 11) is 5.06. The molecule has 0 saturated heterocycles. The number of guanidine groups is 1. The number of rotatable bonds is 7. The number of aliphatic imine (C=N–C) groups is 1. The van der Waals surface area contributed by atoms with Crippen LogP contribution in [0.1, 0.15) is 29.5 Å². The van der Waals surface area contributed by atoms with Crippen LogP contribution in [0.5, 0.6) is 11.5 Å². The van der Waals surface area contributed by atoms with Gasteiger partial charge in [0, 0.05) is 25.7 Å². The van der Waals surface area contributed by atoms with Gasteiger partial charge >= 0.3 is 0 Å². The van der Waals surface area contributed by atoms with E-state index in [-0.39, 0.29) is 24.0 Å². The van der Waals surface area contributed by atoms with E-state index in [2.05, 4.69) is 53.7 Å². The van der Waals surface area contributed by atoms with Crippen LogP contribution in [0.3, 0.4) is 0 Å². The molecular weight excluding hydrogens is 453 g/mol. The van der Waals surface area contributed by atoms with Crippen molar-refractivity contribution >= 4 is 29.9 Å². The van der Waals surface area contributed by atoms with E-state index in [9.17, 15) is 0 Å². The summed E-state index contributed by atoms with van der Waals surface area (Å²) >= 11 is 0. The van der Waals surface area contributed by atoms with Gasteiger partial charge < -0.3 is 20.1 Å². The molecular formula is C21H30IN3O2. The molecule has 2 rings (SSSR count). The molecule has 0 saturated carbocycles. The van der Waals surface area contributed by atoms with Gasteiger partial charge in [-0.2, -0.15) is 0 Å². The molecule has 2 aromatic rings. The van der Waals surface area contributed by atoms with Crippen molar-refractivity contribution in [3.8, 4) is 11.5 Å². The third kappa shape index (κ3) is 6.61. The zero-order valence-corrected chi connectivity index (χ0v) is 19.0. The van der Waals surface area contributed by atoms with Gasteiger partial charge in [0.05, 0.1) is 14.2 Å². The van der Waals surface area contributed by atoms with Gasteiger partial charge in [-0.3, -0.25) is 4.99 Å². The summed E-state index contributed by atoms with van der Waals surface area (Å²) in [4.78, 5) is 4.30. The molecule has 2 aromatic carbocycles. The Balaban J connectivity index is 0.00000364. The average Bonchev–Trinajstić information content (AvgIpc) is 2.67. The number of aryl methyl sites for hydroxylation is 1. The van der Waals surface area contributed by atoms with Crippen molar-refractivity contribution < 1.29 is 9.47 Å². The summed E-state index contributed by atoms with van der Waals surface area (Å²) < 4.78 is 10.8. The number of hydrogen-bond donors (Lipinski definition) is 2. The molecule has 6 heteroatoms. The second kappa shape index (κ2) is 11.7. The molecule has 27 heavy (non-hydrogen) atoms. The number of halogens is 1. The molecule has 0 aliphatic heterocycles. The third-order valence-electron chi connectivity index (χ3n) is 4.38. The van der Waals surface area contributed by atoms with E-state index in [1.54, 1.807) is 21.3 Å². The molecule has 0 aliphatic rings. The van der Waals surface area contributed by atoms with Crippen molar-refractivity contribution in [2.45, 2.75) is 26.3 Å². The Morgan fingerprint density at radius 1 is 1.04 bits per heavy atom. The van der Waals surface area contributed by atoms with Crippen molar-refractivity contribution in [3.63, 3.8) is 0 Å². The van der Waals surface area contributed by atoms with Crippen molar-refractivity contribution in [1.29, 1.82) is 0 Å². The average molecular weight is 483 g/mol. The first-order chi connectivity index (χ1) is 12.6. The van der Waals surface area contributed by atoms with E-state index in [0.717, 1.165) is 29.6 Å². The lowest BCUT2D eigenvalue weighted by molar-refractivity contribution is 0.351. The predicted molar refractivity (Wildman–Crippen MR) is 123 cm³/mol. The monoisotopic (exact) mass is 483 g/mol. The Bertz CT molecular complexity index is 733. The van der Waals surface area contributed by atoms with E-state index < -0.39 is 0 Å². The molecule has 0 aliphatic carbocycles. The highest BCUT2D eigenvalue weighted by atomic mass is 127. The maximum atomic E-state index is 5.47. The smallest absolute Gasteiger partial charge is 0.191 e. The topological polar surface area (TPSA) is 54.9 Å². The van der Waals surface area contributed by atoms with Gasteiger partial charge in [0.2, 0.25) is 0 Å². The fraction of sp³-hybridized carbons (Fsp3) is 0.381. The van der Waals surface area contributed by atoms with Gasteiger partial charge in [0.1, 0.15) is 0 Å². The number of hydrogen-bond acceptors (Lipinski definition) is 3. The summed E-state index contributed by atoms with van der Waals surface area (Å²) in [5, 5.41) is 6.72. The molecule has 0 spiro atoms. The molecule has 5 nitrogen and oxygen atoms in total. The summed E-state index contributed by atoms with van der Waals surface area (Å²) in [6.45, 7) is 5.71. The number of benzene rings is 2. The molecule has 0 radical (unpaired) electrons. The lowest BCUT2D eigenvalue weighted by Crippen LogP contribution is -2.38. The van der Waals surface area contributed by atoms with Crippen LogP contribution >= 0.6 is 24.0 Å². The summed E-state index contributed by atoms with van der Waals surface area (Å²) in [6.07, 6.45) is 0. The highest BCUT2D eigenvalue weighted by molar-refractivity contribution is 14.0. The molecule has 0 amide bonds. The fourth-order valence-electron chi connectivity index (χ4n) is 2.76. The minimum atomic E-state index is 0. The molecule has 148 valence electrons. The number of nitrogens with one attached hydrogen (secondary N) is 2. The standard InChI is InChI=1S/C21H29N3O2.HI/c1-15-9-11-17(12-10-15)16(2)13-23-21(22-3)24-14-18-7-6-8-19(25-4)20(18)26-5;/h6-12,16H,13-14H2,1-5H3,(H2,22,23,24);1H. The normalized spacial score (nSPS) is 12.0. The van der Waals surface area contributed by atoms with Gasteiger partial charge in [-0.15, -0.1) is 24.0 Å². The first kappa shape index (κ1) is 23.1. The van der Waals surface area contributed by atoms with Crippen LogP contribution in [0.2, 0.25) is 0 Å². The van der Waals surface area contributed by atoms with Crippen molar-refractivity contribution in [3.05, 3.63) is 59.2 Å². The Hall–Kier alpha value is -1.96. The van der Waals surface area contributed by atoms with Gasteiger partial charge in [-0.1, -0.05) is 48.9 Å². The Morgan fingerprint density at radius 3 is 2.33 bits per heavy atom. The highest BCUT2D eigenvalue weighted by Crippen LogP contribution is 2.30. The van der Waals surface area contributed by atoms with Crippen molar-refractivity contribution in [2.75, 3.05) is 27.8 Å². The zero-order chi connectivity index (χ0) is 18.9. The third-order valence-corrected chi connectivity index (χ3v) is 4.38. The summed E-state index contributed by atoms with van der Waals surface area (Å²) in [5.74, 6) is 2.61. The summed E-state index contributed by atoms with van der Waals surface area (Å²) in [5.41, 5.74) is 3.60.